The summed E-state index contributed by atoms with van der Waals surface area (Å²) in [5.41, 5.74) is 9.30. The molecule has 1 saturated heterocycles. The van der Waals surface area contributed by atoms with Crippen LogP contribution in [0.15, 0.2) is 61.1 Å². The summed E-state index contributed by atoms with van der Waals surface area (Å²) >= 11 is 0. The van der Waals surface area contributed by atoms with E-state index in [1.165, 1.54) is 5.56 Å². The molecular formula is C23H26N6O. The van der Waals surface area contributed by atoms with E-state index in [2.05, 4.69) is 44.6 Å². The Morgan fingerprint density at radius 1 is 1.27 bits per heavy atom. The zero-order valence-electron chi connectivity index (χ0n) is 17.0. The number of benzene rings is 1. The first-order valence-electron chi connectivity index (χ1n) is 10.1. The van der Waals surface area contributed by atoms with Crippen LogP contribution >= 0.6 is 0 Å². The number of hydrogen-bond donors (Lipinski definition) is 2. The van der Waals surface area contributed by atoms with E-state index >= 15 is 0 Å². The summed E-state index contributed by atoms with van der Waals surface area (Å²) in [4.78, 5) is 19.4. The molecule has 1 aliphatic rings. The number of anilines is 1. The number of aromatic nitrogens is 3. The van der Waals surface area contributed by atoms with Gasteiger partial charge >= 0.3 is 0 Å². The maximum Gasteiger partial charge on any atom is 0.255 e. The molecule has 0 aliphatic carbocycles. The first-order valence-corrected chi connectivity index (χ1v) is 10.1. The van der Waals surface area contributed by atoms with Crippen molar-refractivity contribution < 1.29 is 4.79 Å². The van der Waals surface area contributed by atoms with Gasteiger partial charge in [-0.1, -0.05) is 42.5 Å². The van der Waals surface area contributed by atoms with Crippen molar-refractivity contribution in [2.45, 2.75) is 12.5 Å². The highest BCUT2D eigenvalue weighted by Crippen LogP contribution is 2.22. The summed E-state index contributed by atoms with van der Waals surface area (Å²) < 4.78 is 1.71. The van der Waals surface area contributed by atoms with Crippen LogP contribution in [0.2, 0.25) is 0 Å². The summed E-state index contributed by atoms with van der Waals surface area (Å²) in [7, 11) is 1.85. The number of amides is 1. The van der Waals surface area contributed by atoms with Gasteiger partial charge in [0.15, 0.2) is 0 Å². The fraction of sp³-hybridized carbons (Fsp3) is 0.261. The lowest BCUT2D eigenvalue weighted by atomic mass is 10.1. The van der Waals surface area contributed by atoms with Crippen molar-refractivity contribution in [1.29, 1.82) is 0 Å². The van der Waals surface area contributed by atoms with Gasteiger partial charge in [-0.25, -0.2) is 4.98 Å². The van der Waals surface area contributed by atoms with Crippen LogP contribution in [0.4, 0.5) is 5.82 Å². The van der Waals surface area contributed by atoms with Crippen LogP contribution in [0.25, 0.3) is 17.2 Å². The van der Waals surface area contributed by atoms with Crippen LogP contribution in [-0.4, -0.2) is 51.2 Å². The lowest BCUT2D eigenvalue weighted by Crippen LogP contribution is -2.37. The second-order valence-corrected chi connectivity index (χ2v) is 7.59. The molecule has 0 bridgehead atoms. The van der Waals surface area contributed by atoms with Gasteiger partial charge in [-0.3, -0.25) is 14.4 Å². The van der Waals surface area contributed by atoms with Crippen molar-refractivity contribution >= 4 is 17.8 Å². The number of nitrogens with one attached hydrogen (secondary N) is 1. The molecule has 1 fully saturated rings. The van der Waals surface area contributed by atoms with Crippen LogP contribution in [-0.2, 0) is 7.05 Å². The number of rotatable bonds is 6. The van der Waals surface area contributed by atoms with Gasteiger partial charge in [0.25, 0.3) is 5.91 Å². The quantitative estimate of drug-likeness (QED) is 0.662. The van der Waals surface area contributed by atoms with E-state index in [1.807, 2.05) is 31.4 Å². The zero-order chi connectivity index (χ0) is 20.9. The van der Waals surface area contributed by atoms with Gasteiger partial charge in [-0.05, 0) is 18.1 Å². The third-order valence-electron chi connectivity index (χ3n) is 5.28. The van der Waals surface area contributed by atoms with Crippen LogP contribution in [0.3, 0.4) is 0 Å². The third kappa shape index (κ3) is 4.75. The van der Waals surface area contributed by atoms with Gasteiger partial charge in [-0.2, -0.15) is 5.10 Å². The molecule has 3 N–H and O–H groups in total. The average Bonchev–Trinajstić information content (AvgIpc) is 3.38. The molecule has 2 aromatic heterocycles. The van der Waals surface area contributed by atoms with Crippen molar-refractivity contribution in [3.63, 3.8) is 0 Å². The standard InChI is InChI=1S/C23H26N6O/c1-28-15-19(14-26-28)18-12-21(22(24)25-13-18)23(30)27-20-9-11-29(16-20)10-5-8-17-6-3-2-4-7-17/h2-8,12-15,20H,9-11,16H2,1H3,(H2,24,25)(H,27,30)/t20-/m1/s1. The number of nitrogens with two attached hydrogens (primary N) is 1. The second-order valence-electron chi connectivity index (χ2n) is 7.59. The van der Waals surface area contributed by atoms with Gasteiger partial charge in [0.1, 0.15) is 5.82 Å². The summed E-state index contributed by atoms with van der Waals surface area (Å²) in [5, 5.41) is 7.28. The Hall–Kier alpha value is -3.45. The predicted molar refractivity (Wildman–Crippen MR) is 119 cm³/mol. The van der Waals surface area contributed by atoms with E-state index < -0.39 is 0 Å². The minimum absolute atomic E-state index is 0.101. The van der Waals surface area contributed by atoms with Gasteiger partial charge < -0.3 is 11.1 Å². The fourth-order valence-electron chi connectivity index (χ4n) is 3.67. The monoisotopic (exact) mass is 402 g/mol. The maximum atomic E-state index is 12.8. The smallest absolute Gasteiger partial charge is 0.255 e. The lowest BCUT2D eigenvalue weighted by Gasteiger charge is -2.15. The molecule has 1 aliphatic heterocycles. The molecule has 3 heterocycles. The Balaban J connectivity index is 1.35. The first-order chi connectivity index (χ1) is 14.6. The number of likely N-dealkylation sites (tertiary alicyclic amines) is 1. The largest absolute Gasteiger partial charge is 0.383 e. The molecular weight excluding hydrogens is 376 g/mol. The van der Waals surface area contributed by atoms with E-state index in [1.54, 1.807) is 23.1 Å². The Morgan fingerprint density at radius 3 is 2.87 bits per heavy atom. The summed E-state index contributed by atoms with van der Waals surface area (Å²) in [5.74, 6) is 0.0539. The van der Waals surface area contributed by atoms with Crippen molar-refractivity contribution in [3.05, 3.63) is 72.2 Å². The number of nitrogens with zero attached hydrogens (tertiary/aromatic N) is 4. The maximum absolute atomic E-state index is 12.8. The minimum atomic E-state index is -0.183. The average molecular weight is 403 g/mol. The molecule has 154 valence electrons. The first kappa shape index (κ1) is 19.8. The molecule has 1 aromatic carbocycles. The van der Waals surface area contributed by atoms with Gasteiger partial charge in [0.05, 0.1) is 11.8 Å². The molecule has 0 saturated carbocycles. The van der Waals surface area contributed by atoms with Gasteiger partial charge in [-0.15, -0.1) is 0 Å². The second kappa shape index (κ2) is 8.92. The molecule has 1 atom stereocenters. The number of pyridine rings is 1. The van der Waals surface area contributed by atoms with Crippen molar-refractivity contribution in [2.75, 3.05) is 25.4 Å². The number of carbonyl (C=O) groups is 1. The number of carbonyl (C=O) groups excluding carboxylic acids is 1. The van der Waals surface area contributed by atoms with Crippen LogP contribution < -0.4 is 11.1 Å². The fourth-order valence-corrected chi connectivity index (χ4v) is 3.67. The molecule has 0 unspecified atom stereocenters. The third-order valence-corrected chi connectivity index (χ3v) is 5.28. The minimum Gasteiger partial charge on any atom is -0.383 e. The summed E-state index contributed by atoms with van der Waals surface area (Å²) in [6.07, 6.45) is 10.5. The van der Waals surface area contributed by atoms with Gasteiger partial charge in [0.2, 0.25) is 0 Å². The molecule has 0 spiro atoms. The summed E-state index contributed by atoms with van der Waals surface area (Å²) in [6.45, 7) is 2.63. The van der Waals surface area contributed by atoms with E-state index in [-0.39, 0.29) is 17.8 Å². The molecule has 4 rings (SSSR count). The topological polar surface area (TPSA) is 89.1 Å². The number of aryl methyl sites for hydroxylation is 1. The Bertz CT molecular complexity index is 1040. The van der Waals surface area contributed by atoms with Crippen LogP contribution in [0.5, 0.6) is 0 Å². The molecule has 3 aromatic rings. The SMILES string of the molecule is Cn1cc(-c2cnc(N)c(C(=O)N[C@@H]3CCN(CC=Cc4ccccc4)C3)c2)cn1. The predicted octanol–water partition coefficient (Wildman–Crippen LogP) is 2.58. The lowest BCUT2D eigenvalue weighted by molar-refractivity contribution is 0.0938. The summed E-state index contributed by atoms with van der Waals surface area (Å²) in [6, 6.07) is 12.1. The normalized spacial score (nSPS) is 16.9. The molecule has 1 amide bonds. The van der Waals surface area contributed by atoms with E-state index in [0.717, 1.165) is 37.2 Å². The van der Waals surface area contributed by atoms with Crippen molar-refractivity contribution in [3.8, 4) is 11.1 Å². The molecule has 0 radical (unpaired) electrons. The highest BCUT2D eigenvalue weighted by atomic mass is 16.1. The highest BCUT2D eigenvalue weighted by Gasteiger charge is 2.24. The zero-order valence-corrected chi connectivity index (χ0v) is 17.0. The molecule has 7 nitrogen and oxygen atoms in total. The van der Waals surface area contributed by atoms with Crippen molar-refractivity contribution in [2.24, 2.45) is 7.05 Å². The number of nitrogen functional groups attached to an aromatic ring is 1. The molecule has 7 heteroatoms. The van der Waals surface area contributed by atoms with Crippen LogP contribution in [0.1, 0.15) is 22.3 Å². The van der Waals surface area contributed by atoms with Gasteiger partial charge in [0, 0.05) is 56.2 Å². The van der Waals surface area contributed by atoms with Crippen LogP contribution in [0, 0.1) is 0 Å². The van der Waals surface area contributed by atoms with E-state index in [4.69, 9.17) is 5.73 Å². The highest BCUT2D eigenvalue weighted by molar-refractivity contribution is 5.99. The molecule has 30 heavy (non-hydrogen) atoms. The number of hydrogen-bond acceptors (Lipinski definition) is 5. The Kier molecular flexibility index (Phi) is 5.90. The van der Waals surface area contributed by atoms with E-state index in [9.17, 15) is 4.79 Å². The Labute approximate surface area is 176 Å². The van der Waals surface area contributed by atoms with E-state index in [0.29, 0.717) is 5.56 Å². The Morgan fingerprint density at radius 2 is 2.10 bits per heavy atom. The van der Waals surface area contributed by atoms with Crippen molar-refractivity contribution in [1.82, 2.24) is 25.0 Å².